The van der Waals surface area contributed by atoms with Crippen molar-refractivity contribution in [2.75, 3.05) is 17.2 Å². The number of anilines is 3. The predicted molar refractivity (Wildman–Crippen MR) is 127 cm³/mol. The van der Waals surface area contributed by atoms with Crippen molar-refractivity contribution in [2.24, 2.45) is 0 Å². The molecule has 0 fully saturated rings. The quantitative estimate of drug-likeness (QED) is 0.343. The van der Waals surface area contributed by atoms with Crippen molar-refractivity contribution in [3.05, 3.63) is 66.4 Å². The Bertz CT molecular complexity index is 1280. The van der Waals surface area contributed by atoms with Crippen molar-refractivity contribution >= 4 is 34.6 Å². The molecule has 0 saturated heterocycles. The van der Waals surface area contributed by atoms with Crippen molar-refractivity contribution in [3.8, 4) is 11.6 Å². The van der Waals surface area contributed by atoms with Gasteiger partial charge in [0.05, 0.1) is 12.3 Å². The van der Waals surface area contributed by atoms with Gasteiger partial charge >= 0.3 is 6.09 Å². The van der Waals surface area contributed by atoms with Crippen molar-refractivity contribution < 1.29 is 18.7 Å². The zero-order chi connectivity index (χ0) is 23.4. The Kier molecular flexibility index (Phi) is 6.17. The van der Waals surface area contributed by atoms with E-state index in [2.05, 4.69) is 41.4 Å². The second-order valence-corrected chi connectivity index (χ2v) is 8.35. The van der Waals surface area contributed by atoms with Crippen molar-refractivity contribution in [1.29, 1.82) is 0 Å². The average Bonchev–Trinajstić information content (AvgIpc) is 3.18. The van der Waals surface area contributed by atoms with Crippen LogP contribution >= 0.6 is 0 Å². The highest BCUT2D eigenvalue weighted by atomic mass is 16.5. The molecule has 0 unspecified atom stereocenters. The minimum Gasteiger partial charge on any atom is -0.450 e. The van der Waals surface area contributed by atoms with Gasteiger partial charge < -0.3 is 19.2 Å². The SMILES string of the molecule is CCOC(=O)Nc1cccc2oc(Nc3cccnc3Oc3ccccc3C(C)(C)C)nc12. The van der Waals surface area contributed by atoms with Crippen LogP contribution in [-0.2, 0) is 10.2 Å². The summed E-state index contributed by atoms with van der Waals surface area (Å²) in [4.78, 5) is 20.7. The van der Waals surface area contributed by atoms with E-state index in [1.165, 1.54) is 0 Å². The fourth-order valence-electron chi connectivity index (χ4n) is 3.34. The summed E-state index contributed by atoms with van der Waals surface area (Å²) in [6.45, 7) is 8.41. The number of hydrogen-bond donors (Lipinski definition) is 2. The lowest BCUT2D eigenvalue weighted by molar-refractivity contribution is 0.168. The van der Waals surface area contributed by atoms with Gasteiger partial charge in [-0.25, -0.2) is 9.78 Å². The third-order valence-corrected chi connectivity index (χ3v) is 4.85. The van der Waals surface area contributed by atoms with E-state index >= 15 is 0 Å². The number of rotatable bonds is 6. The van der Waals surface area contributed by atoms with E-state index in [1.807, 2.05) is 30.3 Å². The number of carbonyl (C=O) groups is 1. The van der Waals surface area contributed by atoms with E-state index in [-0.39, 0.29) is 18.0 Å². The maximum absolute atomic E-state index is 11.8. The number of nitrogens with zero attached hydrogens (tertiary/aromatic N) is 2. The smallest absolute Gasteiger partial charge is 0.411 e. The number of carbonyl (C=O) groups excluding carboxylic acids is 1. The second kappa shape index (κ2) is 9.20. The molecule has 0 spiro atoms. The maximum atomic E-state index is 11.8. The fraction of sp³-hybridized carbons (Fsp3) is 0.240. The number of benzene rings is 2. The molecule has 2 N–H and O–H groups in total. The minimum absolute atomic E-state index is 0.0957. The summed E-state index contributed by atoms with van der Waals surface area (Å²) in [5.74, 6) is 1.12. The zero-order valence-corrected chi connectivity index (χ0v) is 19.0. The molecule has 2 heterocycles. The lowest BCUT2D eigenvalue weighted by Gasteiger charge is -2.22. The molecular formula is C25H26N4O4. The van der Waals surface area contributed by atoms with Crippen LogP contribution in [-0.4, -0.2) is 22.7 Å². The normalized spacial score (nSPS) is 11.3. The number of ether oxygens (including phenoxy) is 2. The Morgan fingerprint density at radius 1 is 1.03 bits per heavy atom. The summed E-state index contributed by atoms with van der Waals surface area (Å²) in [5, 5.41) is 5.82. The van der Waals surface area contributed by atoms with Gasteiger partial charge in [-0.15, -0.1) is 0 Å². The Morgan fingerprint density at radius 2 is 1.82 bits per heavy atom. The first-order valence-electron chi connectivity index (χ1n) is 10.7. The van der Waals surface area contributed by atoms with Crippen molar-refractivity contribution in [3.63, 3.8) is 0 Å². The third-order valence-electron chi connectivity index (χ3n) is 4.85. The first kappa shape index (κ1) is 22.1. The Labute approximate surface area is 192 Å². The molecule has 0 bridgehead atoms. The minimum atomic E-state index is -0.553. The number of aromatic nitrogens is 2. The number of hydrogen-bond acceptors (Lipinski definition) is 7. The fourth-order valence-corrected chi connectivity index (χ4v) is 3.34. The van der Waals surface area contributed by atoms with Gasteiger partial charge in [-0.3, -0.25) is 5.32 Å². The molecular weight excluding hydrogens is 420 g/mol. The molecule has 2 aromatic heterocycles. The van der Waals surface area contributed by atoms with Crippen LogP contribution in [0.2, 0.25) is 0 Å². The molecule has 33 heavy (non-hydrogen) atoms. The van der Waals surface area contributed by atoms with E-state index in [9.17, 15) is 4.79 Å². The van der Waals surface area contributed by atoms with Gasteiger partial charge in [0, 0.05) is 11.8 Å². The van der Waals surface area contributed by atoms with Gasteiger partial charge in [-0.2, -0.15) is 4.98 Å². The summed E-state index contributed by atoms with van der Waals surface area (Å²) < 4.78 is 17.0. The molecule has 0 saturated carbocycles. The van der Waals surface area contributed by atoms with E-state index in [0.717, 1.165) is 11.3 Å². The highest BCUT2D eigenvalue weighted by molar-refractivity contribution is 5.96. The molecule has 2 aromatic carbocycles. The van der Waals surface area contributed by atoms with Gasteiger partial charge in [0.1, 0.15) is 17.0 Å². The lowest BCUT2D eigenvalue weighted by atomic mass is 9.86. The Hall–Kier alpha value is -4.07. The lowest BCUT2D eigenvalue weighted by Crippen LogP contribution is -2.13. The predicted octanol–water partition coefficient (Wildman–Crippen LogP) is 6.62. The van der Waals surface area contributed by atoms with Crippen LogP contribution in [0.3, 0.4) is 0 Å². The molecule has 4 aromatic rings. The molecule has 0 aliphatic rings. The van der Waals surface area contributed by atoms with Gasteiger partial charge in [-0.1, -0.05) is 45.0 Å². The van der Waals surface area contributed by atoms with Crippen LogP contribution in [0.5, 0.6) is 11.6 Å². The van der Waals surface area contributed by atoms with E-state index < -0.39 is 6.09 Å². The first-order chi connectivity index (χ1) is 15.8. The maximum Gasteiger partial charge on any atom is 0.411 e. The molecule has 170 valence electrons. The van der Waals surface area contributed by atoms with E-state index in [1.54, 1.807) is 37.4 Å². The number of amides is 1. The standard InChI is InChI=1S/C25H26N4O4/c1-5-31-24(30)28-17-11-8-14-20-21(17)29-23(33-20)27-18-12-9-15-26-22(18)32-19-13-7-6-10-16(19)25(2,3)4/h6-15H,5H2,1-4H3,(H,27,29)(H,28,30). The number of para-hydroxylation sites is 2. The molecule has 0 radical (unpaired) electrons. The molecule has 0 aliphatic heterocycles. The van der Waals surface area contributed by atoms with Crippen LogP contribution in [0.25, 0.3) is 11.1 Å². The Morgan fingerprint density at radius 3 is 2.61 bits per heavy atom. The molecule has 0 atom stereocenters. The van der Waals surface area contributed by atoms with Gasteiger partial charge in [0.2, 0.25) is 5.88 Å². The second-order valence-electron chi connectivity index (χ2n) is 8.35. The molecule has 0 aliphatic carbocycles. The van der Waals surface area contributed by atoms with Crippen LogP contribution in [0.15, 0.2) is 65.2 Å². The number of pyridine rings is 1. The van der Waals surface area contributed by atoms with Gasteiger partial charge in [0.15, 0.2) is 5.58 Å². The van der Waals surface area contributed by atoms with E-state index in [0.29, 0.717) is 28.4 Å². The van der Waals surface area contributed by atoms with Crippen LogP contribution in [0.1, 0.15) is 33.3 Å². The monoisotopic (exact) mass is 446 g/mol. The van der Waals surface area contributed by atoms with Gasteiger partial charge in [0.25, 0.3) is 6.01 Å². The van der Waals surface area contributed by atoms with Crippen molar-refractivity contribution in [2.45, 2.75) is 33.1 Å². The molecule has 8 nitrogen and oxygen atoms in total. The summed E-state index contributed by atoms with van der Waals surface area (Å²) in [7, 11) is 0. The molecule has 1 amide bonds. The zero-order valence-electron chi connectivity index (χ0n) is 19.0. The summed E-state index contributed by atoms with van der Waals surface area (Å²) in [6.07, 6.45) is 1.11. The number of nitrogens with one attached hydrogen (secondary N) is 2. The van der Waals surface area contributed by atoms with E-state index in [4.69, 9.17) is 13.9 Å². The van der Waals surface area contributed by atoms with Crippen LogP contribution in [0.4, 0.5) is 22.2 Å². The summed E-state index contributed by atoms with van der Waals surface area (Å²) >= 11 is 0. The highest BCUT2D eigenvalue weighted by Gasteiger charge is 2.20. The summed E-state index contributed by atoms with van der Waals surface area (Å²) in [5.41, 5.74) is 3.06. The summed E-state index contributed by atoms with van der Waals surface area (Å²) in [6, 6.07) is 17.0. The number of oxazole rings is 1. The first-order valence-corrected chi connectivity index (χ1v) is 10.7. The Balaban J connectivity index is 1.62. The topological polar surface area (TPSA) is 98.5 Å². The highest BCUT2D eigenvalue weighted by Crippen LogP contribution is 2.36. The van der Waals surface area contributed by atoms with Gasteiger partial charge in [-0.05, 0) is 42.7 Å². The third kappa shape index (κ3) is 5.06. The molecule has 4 rings (SSSR count). The largest absolute Gasteiger partial charge is 0.450 e. The molecule has 8 heteroatoms. The van der Waals surface area contributed by atoms with Crippen LogP contribution < -0.4 is 15.4 Å². The number of fused-ring (bicyclic) bond motifs is 1. The van der Waals surface area contributed by atoms with Crippen molar-refractivity contribution in [1.82, 2.24) is 9.97 Å². The van der Waals surface area contributed by atoms with Crippen LogP contribution in [0, 0.1) is 0 Å². The average molecular weight is 447 g/mol.